The quantitative estimate of drug-likeness (QED) is 0.839. The molecule has 1 saturated carbocycles. The summed E-state index contributed by atoms with van der Waals surface area (Å²) in [6.07, 6.45) is 3.94. The minimum Gasteiger partial charge on any atom is -0.314 e. The minimum atomic E-state index is 0.242. The Balaban J connectivity index is 1.76. The van der Waals surface area contributed by atoms with E-state index in [1.807, 2.05) is 0 Å². The molecule has 0 bridgehead atoms. The fourth-order valence-electron chi connectivity index (χ4n) is 2.63. The number of rotatable bonds is 5. The van der Waals surface area contributed by atoms with Gasteiger partial charge in [-0.15, -0.1) is 0 Å². The van der Waals surface area contributed by atoms with Crippen molar-refractivity contribution in [3.63, 3.8) is 0 Å². The lowest BCUT2D eigenvalue weighted by Crippen LogP contribution is -2.26. The molecule has 1 nitrogen and oxygen atoms in total. The van der Waals surface area contributed by atoms with Gasteiger partial charge in [0.15, 0.2) is 0 Å². The van der Waals surface area contributed by atoms with E-state index >= 15 is 0 Å². The molecular formula is C18H23N. The van der Waals surface area contributed by atoms with Crippen LogP contribution < -0.4 is 5.32 Å². The van der Waals surface area contributed by atoms with E-state index < -0.39 is 0 Å². The first kappa shape index (κ1) is 12.7. The molecule has 1 fully saturated rings. The van der Waals surface area contributed by atoms with Crippen LogP contribution in [0, 0.1) is 0 Å². The standard InChI is InChI=1S/C18H23N/c1-18(2,11-12-19-17-9-10-17)16-8-7-14-5-3-4-6-15(14)13-16/h3-8,13,17,19H,9-12H2,1-2H3. The van der Waals surface area contributed by atoms with Gasteiger partial charge in [0.05, 0.1) is 0 Å². The smallest absolute Gasteiger partial charge is 0.00682 e. The van der Waals surface area contributed by atoms with E-state index in [0.29, 0.717) is 0 Å². The maximum absolute atomic E-state index is 3.62. The molecule has 0 saturated heterocycles. The van der Waals surface area contributed by atoms with Crippen molar-refractivity contribution in [2.75, 3.05) is 6.54 Å². The van der Waals surface area contributed by atoms with Gasteiger partial charge < -0.3 is 5.32 Å². The van der Waals surface area contributed by atoms with Gasteiger partial charge >= 0.3 is 0 Å². The number of benzene rings is 2. The second kappa shape index (κ2) is 4.97. The van der Waals surface area contributed by atoms with E-state index in [-0.39, 0.29) is 5.41 Å². The fraction of sp³-hybridized carbons (Fsp3) is 0.444. The first-order valence-electron chi connectivity index (χ1n) is 7.38. The molecule has 3 rings (SSSR count). The highest BCUT2D eigenvalue weighted by Crippen LogP contribution is 2.30. The van der Waals surface area contributed by atoms with Gasteiger partial charge in [0.25, 0.3) is 0 Å². The third kappa shape index (κ3) is 2.98. The molecule has 1 aliphatic rings. The molecule has 0 spiro atoms. The second-order valence-electron chi connectivity index (χ2n) is 6.42. The van der Waals surface area contributed by atoms with Gasteiger partial charge in [0.1, 0.15) is 0 Å². The minimum absolute atomic E-state index is 0.242. The average molecular weight is 253 g/mol. The summed E-state index contributed by atoms with van der Waals surface area (Å²) in [7, 11) is 0. The molecule has 0 aromatic heterocycles. The number of nitrogens with one attached hydrogen (secondary N) is 1. The Kier molecular flexibility index (Phi) is 3.32. The largest absolute Gasteiger partial charge is 0.314 e. The van der Waals surface area contributed by atoms with Crippen LogP contribution in [0.25, 0.3) is 10.8 Å². The maximum atomic E-state index is 3.62. The molecular weight excluding hydrogens is 230 g/mol. The van der Waals surface area contributed by atoms with Crippen LogP contribution in [0.1, 0.15) is 38.7 Å². The van der Waals surface area contributed by atoms with Gasteiger partial charge in [-0.1, -0.05) is 56.3 Å². The second-order valence-corrected chi connectivity index (χ2v) is 6.42. The zero-order valence-corrected chi connectivity index (χ0v) is 11.9. The van der Waals surface area contributed by atoms with Crippen molar-refractivity contribution in [1.29, 1.82) is 0 Å². The van der Waals surface area contributed by atoms with Crippen LogP contribution in [0.15, 0.2) is 42.5 Å². The molecule has 19 heavy (non-hydrogen) atoms. The van der Waals surface area contributed by atoms with Gasteiger partial charge in [-0.25, -0.2) is 0 Å². The van der Waals surface area contributed by atoms with E-state index in [2.05, 4.69) is 61.6 Å². The molecule has 0 amide bonds. The topological polar surface area (TPSA) is 12.0 Å². The van der Waals surface area contributed by atoms with Crippen LogP contribution in [-0.4, -0.2) is 12.6 Å². The predicted molar refractivity (Wildman–Crippen MR) is 82.6 cm³/mol. The van der Waals surface area contributed by atoms with Crippen molar-refractivity contribution in [3.05, 3.63) is 48.0 Å². The number of hydrogen-bond acceptors (Lipinski definition) is 1. The predicted octanol–water partition coefficient (Wildman–Crippen LogP) is 4.26. The lowest BCUT2D eigenvalue weighted by atomic mass is 9.81. The summed E-state index contributed by atoms with van der Waals surface area (Å²) in [4.78, 5) is 0. The lowest BCUT2D eigenvalue weighted by molar-refractivity contribution is 0.456. The van der Waals surface area contributed by atoms with Gasteiger partial charge in [-0.3, -0.25) is 0 Å². The van der Waals surface area contributed by atoms with Crippen LogP contribution >= 0.6 is 0 Å². The highest BCUT2D eigenvalue weighted by atomic mass is 14.9. The summed E-state index contributed by atoms with van der Waals surface area (Å²) in [5.74, 6) is 0. The molecule has 2 aromatic rings. The van der Waals surface area contributed by atoms with Crippen molar-refractivity contribution in [1.82, 2.24) is 5.32 Å². The van der Waals surface area contributed by atoms with Crippen LogP contribution in [0.2, 0.25) is 0 Å². The molecule has 0 radical (unpaired) electrons. The van der Waals surface area contributed by atoms with Crippen molar-refractivity contribution in [3.8, 4) is 0 Å². The first-order valence-corrected chi connectivity index (χ1v) is 7.38. The molecule has 100 valence electrons. The third-order valence-corrected chi connectivity index (χ3v) is 4.29. The summed E-state index contributed by atoms with van der Waals surface area (Å²) in [5, 5.41) is 6.30. The normalized spacial score (nSPS) is 15.9. The van der Waals surface area contributed by atoms with Gasteiger partial charge in [-0.05, 0) is 47.6 Å². The fourth-order valence-corrected chi connectivity index (χ4v) is 2.63. The van der Waals surface area contributed by atoms with E-state index in [0.717, 1.165) is 12.6 Å². The Morgan fingerprint density at radius 1 is 1.05 bits per heavy atom. The van der Waals surface area contributed by atoms with Gasteiger partial charge in [0.2, 0.25) is 0 Å². The Hall–Kier alpha value is -1.34. The molecule has 0 aliphatic heterocycles. The highest BCUT2D eigenvalue weighted by Gasteiger charge is 2.24. The molecule has 0 heterocycles. The first-order chi connectivity index (χ1) is 9.15. The summed E-state index contributed by atoms with van der Waals surface area (Å²) >= 11 is 0. The zero-order chi connectivity index (χ0) is 13.3. The van der Waals surface area contributed by atoms with Crippen molar-refractivity contribution in [2.45, 2.75) is 44.6 Å². The van der Waals surface area contributed by atoms with E-state index in [1.165, 1.54) is 35.6 Å². The number of fused-ring (bicyclic) bond motifs is 1. The van der Waals surface area contributed by atoms with E-state index in [1.54, 1.807) is 0 Å². The highest BCUT2D eigenvalue weighted by molar-refractivity contribution is 5.83. The molecule has 2 aromatic carbocycles. The molecule has 0 unspecified atom stereocenters. The maximum Gasteiger partial charge on any atom is 0.00682 e. The SMILES string of the molecule is CC(C)(CCNC1CC1)c1ccc2ccccc2c1. The van der Waals surface area contributed by atoms with Crippen LogP contribution in [0.4, 0.5) is 0 Å². The van der Waals surface area contributed by atoms with Crippen molar-refractivity contribution >= 4 is 10.8 Å². The Morgan fingerprint density at radius 2 is 1.79 bits per heavy atom. The van der Waals surface area contributed by atoms with Crippen LogP contribution in [-0.2, 0) is 5.41 Å². The molecule has 1 aliphatic carbocycles. The zero-order valence-electron chi connectivity index (χ0n) is 11.9. The van der Waals surface area contributed by atoms with Crippen LogP contribution in [0.3, 0.4) is 0 Å². The summed E-state index contributed by atoms with van der Waals surface area (Å²) in [6.45, 7) is 5.84. The molecule has 1 N–H and O–H groups in total. The summed E-state index contributed by atoms with van der Waals surface area (Å²) < 4.78 is 0. The average Bonchev–Trinajstić information content (AvgIpc) is 3.22. The molecule has 0 atom stereocenters. The van der Waals surface area contributed by atoms with Gasteiger partial charge in [0, 0.05) is 6.04 Å². The van der Waals surface area contributed by atoms with Crippen molar-refractivity contribution in [2.24, 2.45) is 0 Å². The van der Waals surface area contributed by atoms with Crippen molar-refractivity contribution < 1.29 is 0 Å². The Labute approximate surface area is 116 Å². The summed E-state index contributed by atoms with van der Waals surface area (Å²) in [6, 6.07) is 16.3. The summed E-state index contributed by atoms with van der Waals surface area (Å²) in [5.41, 5.74) is 1.69. The third-order valence-electron chi connectivity index (χ3n) is 4.29. The Bertz CT molecular complexity index is 567. The Morgan fingerprint density at radius 3 is 2.53 bits per heavy atom. The monoisotopic (exact) mass is 253 g/mol. The lowest BCUT2D eigenvalue weighted by Gasteiger charge is -2.26. The van der Waals surface area contributed by atoms with Crippen LogP contribution in [0.5, 0.6) is 0 Å². The van der Waals surface area contributed by atoms with E-state index in [4.69, 9.17) is 0 Å². The van der Waals surface area contributed by atoms with Gasteiger partial charge in [-0.2, -0.15) is 0 Å². The number of hydrogen-bond donors (Lipinski definition) is 1. The van der Waals surface area contributed by atoms with E-state index in [9.17, 15) is 0 Å². The molecule has 1 heteroatoms.